The Kier molecular flexibility index (Phi) is 9.80. The highest BCUT2D eigenvalue weighted by Crippen LogP contribution is 2.56. The fourth-order valence-electron chi connectivity index (χ4n) is 4.54. The molecule has 3 aromatic heterocycles. The topological polar surface area (TPSA) is 312 Å². The van der Waals surface area contributed by atoms with Crippen LogP contribution in [0.3, 0.4) is 0 Å². The third-order valence-electron chi connectivity index (χ3n) is 6.71. The first-order valence-electron chi connectivity index (χ1n) is 12.6. The Morgan fingerprint density at radius 1 is 1.09 bits per heavy atom. The van der Waals surface area contributed by atoms with Gasteiger partial charge in [0, 0.05) is 6.07 Å². The maximum atomic E-state index is 12.3. The first kappa shape index (κ1) is 32.5. The Hall–Kier alpha value is -2.85. The molecule has 2 aliphatic rings. The predicted molar refractivity (Wildman–Crippen MR) is 139 cm³/mol. The molecule has 5 rings (SSSR count). The molecule has 2 saturated heterocycles. The number of aliphatic hydroxyl groups is 4. The minimum Gasteiger partial charge on any atom is -0.387 e. The van der Waals surface area contributed by atoms with Crippen molar-refractivity contribution in [1.29, 1.82) is 0 Å². The number of carbonyl (C=O) groups is 1. The largest absolute Gasteiger partial charge is 0.479 e. The average molecular weight is 665 g/mol. The number of anilines is 1. The maximum Gasteiger partial charge on any atom is 0.479 e. The summed E-state index contributed by atoms with van der Waals surface area (Å²) >= 11 is 0. The number of phosphoric ester groups is 1. The number of fused-ring (bicyclic) bond motifs is 1. The molecular formula is C21H29N7O14P2+2. The first-order valence-corrected chi connectivity index (χ1v) is 15.3. The van der Waals surface area contributed by atoms with Crippen LogP contribution >= 0.6 is 16.4 Å². The number of nitrogens with zero attached hydrogens (tertiary/aromatic N) is 4. The Bertz CT molecular complexity index is 1540. The van der Waals surface area contributed by atoms with Crippen molar-refractivity contribution in [2.24, 2.45) is 5.73 Å². The second kappa shape index (κ2) is 13.3. The number of H-pyrrole nitrogens is 1. The number of phosphoric acid groups is 1. The summed E-state index contributed by atoms with van der Waals surface area (Å²) in [6, 6.07) is 2.89. The van der Waals surface area contributed by atoms with Gasteiger partial charge in [-0.3, -0.25) is 9.32 Å². The number of primary amides is 1. The van der Waals surface area contributed by atoms with Gasteiger partial charge in [-0.2, -0.15) is 9.24 Å². The summed E-state index contributed by atoms with van der Waals surface area (Å²) in [6.07, 6.45) is -5.61. The first-order chi connectivity index (χ1) is 20.9. The van der Waals surface area contributed by atoms with Gasteiger partial charge in [0.2, 0.25) is 18.4 Å². The van der Waals surface area contributed by atoms with Gasteiger partial charge in [-0.25, -0.2) is 18.3 Å². The summed E-state index contributed by atoms with van der Waals surface area (Å²) in [5.41, 5.74) is 11.8. The zero-order chi connectivity index (χ0) is 31.8. The van der Waals surface area contributed by atoms with E-state index >= 15 is 0 Å². The third kappa shape index (κ3) is 6.86. The Balaban J connectivity index is 1.09. The summed E-state index contributed by atoms with van der Waals surface area (Å²) < 4.78 is 39.9. The number of aliphatic hydroxyl groups excluding tert-OH is 4. The minimum atomic E-state index is -5.04. The molecule has 10 unspecified atom stereocenters. The molecule has 11 N–H and O–H groups in total. The van der Waals surface area contributed by atoms with Crippen LogP contribution in [0.25, 0.3) is 11.2 Å². The number of ether oxygens (including phenoxy) is 2. The number of imidazole rings is 1. The molecule has 0 spiro atoms. The summed E-state index contributed by atoms with van der Waals surface area (Å²) in [5, 5.41) is 41.6. The number of carbonyl (C=O) groups excluding carboxylic acids is 1. The van der Waals surface area contributed by atoms with E-state index in [-0.39, 0.29) is 17.0 Å². The summed E-state index contributed by atoms with van der Waals surface area (Å²) in [5.74, 6) is -0.590. The van der Waals surface area contributed by atoms with Crippen molar-refractivity contribution >= 4 is 39.3 Å². The lowest BCUT2D eigenvalue weighted by Crippen LogP contribution is -2.47. The molecule has 23 heteroatoms. The lowest BCUT2D eigenvalue weighted by atomic mass is 10.1. The van der Waals surface area contributed by atoms with Gasteiger partial charge in [0.05, 0.1) is 6.61 Å². The van der Waals surface area contributed by atoms with Crippen molar-refractivity contribution in [2.75, 3.05) is 18.9 Å². The molecular weight excluding hydrogens is 636 g/mol. The molecule has 0 aliphatic carbocycles. The van der Waals surface area contributed by atoms with Gasteiger partial charge < -0.3 is 56.1 Å². The molecule has 2 fully saturated rings. The number of hydrogen-bond acceptors (Lipinski definition) is 16. The van der Waals surface area contributed by atoms with Crippen LogP contribution in [0.5, 0.6) is 0 Å². The van der Waals surface area contributed by atoms with Gasteiger partial charge in [0.15, 0.2) is 30.3 Å². The number of rotatable bonds is 12. The van der Waals surface area contributed by atoms with Crippen LogP contribution in [0.1, 0.15) is 22.8 Å². The van der Waals surface area contributed by atoms with E-state index in [1.165, 1.54) is 46.3 Å². The second-order valence-electron chi connectivity index (χ2n) is 9.58. The van der Waals surface area contributed by atoms with Gasteiger partial charge in [0.25, 0.3) is 17.8 Å². The highest BCUT2D eigenvalue weighted by Gasteiger charge is 2.50. The molecule has 240 valence electrons. The number of nitrogens with one attached hydrogen (secondary N) is 1. The van der Waals surface area contributed by atoms with Crippen molar-refractivity contribution in [2.45, 2.75) is 49.1 Å². The number of aromatic amines is 1. The van der Waals surface area contributed by atoms with Crippen molar-refractivity contribution in [3.05, 3.63) is 42.7 Å². The van der Waals surface area contributed by atoms with E-state index in [1.54, 1.807) is 0 Å². The highest BCUT2D eigenvalue weighted by molar-refractivity contribution is 7.58. The lowest BCUT2D eigenvalue weighted by molar-refractivity contribution is -0.765. The molecule has 10 atom stereocenters. The number of aromatic nitrogens is 5. The quantitative estimate of drug-likeness (QED) is 0.0391. The highest BCUT2D eigenvalue weighted by atomic mass is 31.3. The monoisotopic (exact) mass is 665 g/mol. The molecule has 0 aromatic carbocycles. The number of nitrogens with two attached hydrogens (primary N) is 2. The fraction of sp³-hybridized carbons (Fsp3) is 0.476. The summed E-state index contributed by atoms with van der Waals surface area (Å²) in [6.45, 7) is -1.35. The Morgan fingerprint density at radius 2 is 1.77 bits per heavy atom. The van der Waals surface area contributed by atoms with Crippen molar-refractivity contribution in [3.8, 4) is 0 Å². The molecule has 0 saturated carbocycles. The normalized spacial score (nSPS) is 30.9. The van der Waals surface area contributed by atoms with Crippen LogP contribution < -0.4 is 20.6 Å². The maximum absolute atomic E-state index is 12.3. The number of hydrogen-bond donors (Lipinski definition) is 9. The van der Waals surface area contributed by atoms with Crippen molar-refractivity contribution in [3.63, 3.8) is 0 Å². The molecule has 3 aromatic rings. The minimum absolute atomic E-state index is 0.0997. The Labute approximate surface area is 247 Å². The van der Waals surface area contributed by atoms with Gasteiger partial charge >= 0.3 is 16.4 Å². The average Bonchev–Trinajstić information content (AvgIpc) is 3.66. The van der Waals surface area contributed by atoms with Crippen molar-refractivity contribution in [1.82, 2.24) is 15.0 Å². The van der Waals surface area contributed by atoms with E-state index in [0.29, 0.717) is 5.52 Å². The third-order valence-corrected chi connectivity index (χ3v) is 8.81. The van der Waals surface area contributed by atoms with Crippen molar-refractivity contribution < 1.29 is 76.6 Å². The molecule has 0 radical (unpaired) electrons. The van der Waals surface area contributed by atoms with Crippen LogP contribution in [-0.2, 0) is 32.4 Å². The molecule has 5 heterocycles. The van der Waals surface area contributed by atoms with E-state index in [4.69, 9.17) is 30.4 Å². The molecule has 44 heavy (non-hydrogen) atoms. The SMILES string of the molecule is NC(=O)c1ccc[n+](C2OC(COP(=O)(O)OP(O)OOCC3OC([n+]4cnc(N)c5[nH]cnc54)C(O)C3O)C(O)C2O)c1. The standard InChI is InChI=1S/C21H27N7O14P2/c22-17-12-19(25-7-24-12)28(8-26-17)21-16(32)13(29)10(40-21)5-37-41-43(34)42-44(35,36)38-6-11-14(30)15(31)20(39-11)27-3-1-2-9(4-27)18(23)33/h1-4,7-8,10-11,13-16,20-21,29-32,34H,5-6H2,(H4-,22,23,24,25,33,35,36)/p+2. The molecule has 0 bridgehead atoms. The number of pyridine rings is 1. The fourth-order valence-corrected chi connectivity index (χ4v) is 6.03. The lowest BCUT2D eigenvalue weighted by Gasteiger charge is -2.18. The zero-order valence-electron chi connectivity index (χ0n) is 22.3. The van der Waals surface area contributed by atoms with Gasteiger partial charge in [-0.1, -0.05) is 9.97 Å². The summed E-state index contributed by atoms with van der Waals surface area (Å²) in [4.78, 5) is 47.0. The van der Waals surface area contributed by atoms with E-state index in [0.717, 1.165) is 0 Å². The smallest absolute Gasteiger partial charge is 0.387 e. The number of amides is 1. The van der Waals surface area contributed by atoms with E-state index in [2.05, 4.69) is 23.9 Å². The van der Waals surface area contributed by atoms with E-state index in [1.807, 2.05) is 0 Å². The van der Waals surface area contributed by atoms with Crippen LogP contribution in [0.2, 0.25) is 0 Å². The van der Waals surface area contributed by atoms with Crippen LogP contribution in [0.4, 0.5) is 5.82 Å². The van der Waals surface area contributed by atoms with Gasteiger partial charge in [-0.15, -0.1) is 0 Å². The van der Waals surface area contributed by atoms with E-state index < -0.39 is 84.6 Å². The van der Waals surface area contributed by atoms with Gasteiger partial charge in [0.1, 0.15) is 42.7 Å². The number of nitrogen functional groups attached to an aromatic ring is 1. The molecule has 2 aliphatic heterocycles. The molecule has 21 nitrogen and oxygen atoms in total. The summed E-state index contributed by atoms with van der Waals surface area (Å²) in [7, 11) is -8.23. The van der Waals surface area contributed by atoms with Crippen LogP contribution in [0.15, 0.2) is 37.2 Å². The van der Waals surface area contributed by atoms with Crippen LogP contribution in [-0.4, -0.2) is 101 Å². The zero-order valence-corrected chi connectivity index (χ0v) is 24.1. The van der Waals surface area contributed by atoms with E-state index in [9.17, 15) is 39.6 Å². The van der Waals surface area contributed by atoms with Crippen LogP contribution in [0, 0.1) is 0 Å². The second-order valence-corrected chi connectivity index (χ2v) is 12.1. The predicted octanol–water partition coefficient (Wildman–Crippen LogP) is -3.55. The Morgan fingerprint density at radius 3 is 2.50 bits per heavy atom. The van der Waals surface area contributed by atoms with Gasteiger partial charge in [-0.05, 0) is 6.07 Å². The molecule has 1 amide bonds.